The predicted octanol–water partition coefficient (Wildman–Crippen LogP) is 3.85. The number of nitrogens with zero attached hydrogens (tertiary/aromatic N) is 2. The summed E-state index contributed by atoms with van der Waals surface area (Å²) in [5.41, 5.74) is 1.21. The van der Waals surface area contributed by atoms with E-state index < -0.39 is 0 Å². The molecule has 0 fully saturated rings. The van der Waals surface area contributed by atoms with Crippen molar-refractivity contribution >= 4 is 33.3 Å². The normalized spacial score (nSPS) is 17.7. The largest absolute Gasteiger partial charge is 0.372 e. The first-order valence-electron chi connectivity index (χ1n) is 7.97. The highest BCUT2D eigenvalue weighted by Gasteiger charge is 2.28. The summed E-state index contributed by atoms with van der Waals surface area (Å²) in [4.78, 5) is 19.8. The lowest BCUT2D eigenvalue weighted by Crippen LogP contribution is -2.28. The number of ether oxygens (including phenoxy) is 1. The van der Waals surface area contributed by atoms with Crippen molar-refractivity contribution in [2.24, 2.45) is 5.92 Å². The number of hydrogen-bond acceptors (Lipinski definition) is 5. The van der Waals surface area contributed by atoms with E-state index in [1.807, 2.05) is 0 Å². The molecule has 1 atom stereocenters. The first-order valence-corrected chi connectivity index (χ1v) is 9.77. The van der Waals surface area contributed by atoms with Crippen LogP contribution < -0.4 is 5.56 Å². The van der Waals surface area contributed by atoms with Crippen molar-refractivity contribution in [1.29, 1.82) is 0 Å². The number of fused-ring (bicyclic) bond motifs is 3. The van der Waals surface area contributed by atoms with Crippen LogP contribution >= 0.6 is 23.1 Å². The third kappa shape index (κ3) is 2.99. The Kier molecular flexibility index (Phi) is 4.94. The highest BCUT2D eigenvalue weighted by Crippen LogP contribution is 2.35. The molecule has 1 aliphatic rings. The van der Waals surface area contributed by atoms with E-state index in [0.717, 1.165) is 38.0 Å². The first kappa shape index (κ1) is 16.7. The van der Waals surface area contributed by atoms with Gasteiger partial charge in [0.25, 0.3) is 5.56 Å². The van der Waals surface area contributed by atoms with Crippen molar-refractivity contribution in [3.05, 3.63) is 33.4 Å². The van der Waals surface area contributed by atoms with Gasteiger partial charge in [-0.1, -0.05) is 38.6 Å². The van der Waals surface area contributed by atoms with Crippen LogP contribution in [0.2, 0.25) is 0 Å². The predicted molar refractivity (Wildman–Crippen MR) is 97.6 cm³/mol. The summed E-state index contributed by atoms with van der Waals surface area (Å²) in [5, 5.41) is 1.58. The first-order chi connectivity index (χ1) is 11.1. The Labute approximate surface area is 144 Å². The van der Waals surface area contributed by atoms with E-state index in [4.69, 9.17) is 9.72 Å². The molecule has 0 spiro atoms. The van der Waals surface area contributed by atoms with E-state index in [9.17, 15) is 4.79 Å². The highest BCUT2D eigenvalue weighted by molar-refractivity contribution is 7.99. The molecule has 0 amide bonds. The molecule has 0 radical (unpaired) electrons. The molecule has 0 saturated carbocycles. The zero-order valence-electron chi connectivity index (χ0n) is 13.8. The minimum atomic E-state index is 0.0627. The summed E-state index contributed by atoms with van der Waals surface area (Å²) < 4.78 is 7.69. The Hall–Kier alpha value is -1.11. The number of allylic oxidation sites excluding steroid dienone is 1. The van der Waals surface area contributed by atoms with Gasteiger partial charge in [0.2, 0.25) is 0 Å². The second-order valence-electron chi connectivity index (χ2n) is 6.01. The summed E-state index contributed by atoms with van der Waals surface area (Å²) in [5.74, 6) is 1.33. The fraction of sp³-hybridized carbons (Fsp3) is 0.529. The molecule has 23 heavy (non-hydrogen) atoms. The second kappa shape index (κ2) is 6.79. The fourth-order valence-electron chi connectivity index (χ4n) is 2.90. The number of thioether (sulfide) groups is 1. The third-order valence-electron chi connectivity index (χ3n) is 4.12. The SMILES string of the molecule is C=CCn1c(SCC)nc2sc3c(c2c1=O)C[C@H](C(C)C)OC3. The van der Waals surface area contributed by atoms with Crippen LogP contribution in [0.25, 0.3) is 10.2 Å². The topological polar surface area (TPSA) is 44.1 Å². The van der Waals surface area contributed by atoms with E-state index >= 15 is 0 Å². The van der Waals surface area contributed by atoms with Crippen LogP contribution in [0.1, 0.15) is 31.2 Å². The standard InChI is InChI=1S/C17H22N2O2S2/c1-5-7-19-16(20)14-11-8-12(10(3)4)21-9-13(11)23-15(14)18-17(19)22-6-2/h5,10,12H,1,6-9H2,2-4H3/t12-/m1/s1. The van der Waals surface area contributed by atoms with Gasteiger partial charge in [0, 0.05) is 17.8 Å². The molecule has 1 aliphatic heterocycles. The summed E-state index contributed by atoms with van der Waals surface area (Å²) >= 11 is 3.21. The molecule has 3 rings (SSSR count). The molecule has 0 aromatic carbocycles. The minimum Gasteiger partial charge on any atom is -0.372 e. The Bertz CT molecular complexity index is 792. The van der Waals surface area contributed by atoms with Crippen molar-refractivity contribution in [3.8, 4) is 0 Å². The van der Waals surface area contributed by atoms with Gasteiger partial charge in [0.1, 0.15) is 4.83 Å². The van der Waals surface area contributed by atoms with Crippen LogP contribution in [0, 0.1) is 5.92 Å². The fourth-order valence-corrected chi connectivity index (χ4v) is 4.80. The summed E-state index contributed by atoms with van der Waals surface area (Å²) in [6.07, 6.45) is 2.74. The molecule has 3 heterocycles. The van der Waals surface area contributed by atoms with Gasteiger partial charge < -0.3 is 4.74 Å². The molecule has 2 aromatic rings. The summed E-state index contributed by atoms with van der Waals surface area (Å²) in [6, 6.07) is 0. The quantitative estimate of drug-likeness (QED) is 0.467. The van der Waals surface area contributed by atoms with E-state index in [0.29, 0.717) is 19.1 Å². The maximum Gasteiger partial charge on any atom is 0.263 e. The van der Waals surface area contributed by atoms with Gasteiger partial charge >= 0.3 is 0 Å². The Morgan fingerprint density at radius 1 is 1.57 bits per heavy atom. The maximum atomic E-state index is 13.1. The summed E-state index contributed by atoms with van der Waals surface area (Å²) in [7, 11) is 0. The summed E-state index contributed by atoms with van der Waals surface area (Å²) in [6.45, 7) is 11.3. The average Bonchev–Trinajstić information content (AvgIpc) is 2.88. The van der Waals surface area contributed by atoms with E-state index in [1.165, 1.54) is 0 Å². The van der Waals surface area contributed by atoms with Crippen molar-refractivity contribution in [3.63, 3.8) is 0 Å². The van der Waals surface area contributed by atoms with Gasteiger partial charge in [-0.2, -0.15) is 0 Å². The molecule has 0 bridgehead atoms. The van der Waals surface area contributed by atoms with Gasteiger partial charge in [0.05, 0.1) is 18.1 Å². The Balaban J connectivity index is 2.19. The number of rotatable bonds is 5. The lowest BCUT2D eigenvalue weighted by molar-refractivity contribution is 0.00200. The van der Waals surface area contributed by atoms with Crippen molar-refractivity contribution in [2.75, 3.05) is 5.75 Å². The van der Waals surface area contributed by atoms with Crippen LogP contribution in [0.5, 0.6) is 0 Å². The van der Waals surface area contributed by atoms with Crippen molar-refractivity contribution in [2.45, 2.75) is 51.6 Å². The molecular weight excluding hydrogens is 328 g/mol. The number of thiophene rings is 1. The number of aromatic nitrogens is 2. The van der Waals surface area contributed by atoms with Crippen LogP contribution in [0.4, 0.5) is 0 Å². The van der Waals surface area contributed by atoms with Crippen LogP contribution in [0.3, 0.4) is 0 Å². The van der Waals surface area contributed by atoms with Gasteiger partial charge in [0.15, 0.2) is 5.16 Å². The van der Waals surface area contributed by atoms with E-state index in [1.54, 1.807) is 33.7 Å². The molecular formula is C17H22N2O2S2. The molecule has 0 unspecified atom stereocenters. The smallest absolute Gasteiger partial charge is 0.263 e. The Morgan fingerprint density at radius 2 is 2.35 bits per heavy atom. The molecule has 124 valence electrons. The maximum absolute atomic E-state index is 13.1. The van der Waals surface area contributed by atoms with Crippen LogP contribution in [-0.4, -0.2) is 21.4 Å². The lowest BCUT2D eigenvalue weighted by atomic mass is 9.96. The minimum absolute atomic E-state index is 0.0627. The lowest BCUT2D eigenvalue weighted by Gasteiger charge is -2.26. The molecule has 0 aliphatic carbocycles. The molecule has 0 saturated heterocycles. The third-order valence-corrected chi connectivity index (χ3v) is 6.08. The molecule has 0 N–H and O–H groups in total. The number of hydrogen-bond donors (Lipinski definition) is 0. The van der Waals surface area contributed by atoms with Gasteiger partial charge in [-0.05, 0) is 17.2 Å². The Morgan fingerprint density at radius 3 is 3.00 bits per heavy atom. The highest BCUT2D eigenvalue weighted by atomic mass is 32.2. The zero-order chi connectivity index (χ0) is 16.6. The average molecular weight is 351 g/mol. The molecule has 4 nitrogen and oxygen atoms in total. The van der Waals surface area contributed by atoms with Crippen LogP contribution in [-0.2, 0) is 24.3 Å². The van der Waals surface area contributed by atoms with Gasteiger partial charge in [-0.3, -0.25) is 9.36 Å². The monoisotopic (exact) mass is 350 g/mol. The van der Waals surface area contributed by atoms with Gasteiger partial charge in [-0.25, -0.2) is 4.98 Å². The van der Waals surface area contributed by atoms with E-state index in [2.05, 4.69) is 27.4 Å². The van der Waals surface area contributed by atoms with Crippen molar-refractivity contribution < 1.29 is 4.74 Å². The second-order valence-corrected chi connectivity index (χ2v) is 8.33. The molecule has 2 aromatic heterocycles. The van der Waals surface area contributed by atoms with Crippen molar-refractivity contribution in [1.82, 2.24) is 9.55 Å². The molecule has 6 heteroatoms. The van der Waals surface area contributed by atoms with Crippen LogP contribution in [0.15, 0.2) is 22.6 Å². The zero-order valence-corrected chi connectivity index (χ0v) is 15.4. The van der Waals surface area contributed by atoms with E-state index in [-0.39, 0.29) is 11.7 Å². The van der Waals surface area contributed by atoms with Gasteiger partial charge in [-0.15, -0.1) is 17.9 Å².